The molecule has 4 rings (SSSR count). The first-order valence-electron chi connectivity index (χ1n) is 11.8. The molecule has 9 heteroatoms. The summed E-state index contributed by atoms with van der Waals surface area (Å²) in [5.74, 6) is -0.397. The summed E-state index contributed by atoms with van der Waals surface area (Å²) in [4.78, 5) is 29.4. The van der Waals surface area contributed by atoms with Gasteiger partial charge in [-0.2, -0.15) is 4.31 Å². The van der Waals surface area contributed by atoms with Crippen LogP contribution in [0, 0.1) is 0 Å². The zero-order chi connectivity index (χ0) is 22.7. The number of fused-ring (bicyclic) bond motifs is 1. The van der Waals surface area contributed by atoms with E-state index in [1.54, 1.807) is 22.5 Å². The molecule has 32 heavy (non-hydrogen) atoms. The number of hydrogen-bond donors (Lipinski definition) is 1. The second-order valence-corrected chi connectivity index (χ2v) is 11.0. The van der Waals surface area contributed by atoms with Gasteiger partial charge in [-0.05, 0) is 75.5 Å². The van der Waals surface area contributed by atoms with E-state index in [1.165, 1.54) is 24.7 Å². The van der Waals surface area contributed by atoms with Crippen molar-refractivity contribution in [3.63, 3.8) is 0 Å². The third-order valence-electron chi connectivity index (χ3n) is 6.78. The molecule has 0 spiro atoms. The molecule has 0 aromatic heterocycles. The average molecular weight is 463 g/mol. The van der Waals surface area contributed by atoms with Gasteiger partial charge in [0.2, 0.25) is 21.8 Å². The van der Waals surface area contributed by atoms with Crippen LogP contribution in [0.2, 0.25) is 0 Å². The van der Waals surface area contributed by atoms with Crippen molar-refractivity contribution in [2.75, 3.05) is 44.2 Å². The number of amides is 2. The molecule has 0 bridgehead atoms. The van der Waals surface area contributed by atoms with Gasteiger partial charge in [-0.1, -0.05) is 6.42 Å². The van der Waals surface area contributed by atoms with Crippen molar-refractivity contribution >= 4 is 27.5 Å². The molecular formula is C23H34N4O4S. The molecule has 2 saturated heterocycles. The van der Waals surface area contributed by atoms with E-state index in [9.17, 15) is 18.0 Å². The number of hydrogen-bond acceptors (Lipinski definition) is 5. The standard InChI is InChI=1S/C23H34N4O4S/c1-18(28)27-21-9-8-20(32(30,31)26-14-3-2-4-15-26)16-19(21)17-22(27)23(29)24-10-7-13-25-11-5-6-12-25/h8-9,16,22H,2-7,10-15,17H2,1H3,(H,24,29)/t22-/m0/s1. The molecular weight excluding hydrogens is 428 g/mol. The van der Waals surface area contributed by atoms with E-state index >= 15 is 0 Å². The SMILES string of the molecule is CC(=O)N1c2ccc(S(=O)(=O)N3CCCCC3)cc2C[C@H]1C(=O)NCCCN1CCCC1. The van der Waals surface area contributed by atoms with E-state index in [4.69, 9.17) is 0 Å². The largest absolute Gasteiger partial charge is 0.354 e. The van der Waals surface area contributed by atoms with Gasteiger partial charge in [0.05, 0.1) is 4.90 Å². The van der Waals surface area contributed by atoms with Gasteiger partial charge in [-0.25, -0.2) is 8.42 Å². The predicted molar refractivity (Wildman–Crippen MR) is 123 cm³/mol. The van der Waals surface area contributed by atoms with Gasteiger partial charge >= 0.3 is 0 Å². The first-order valence-corrected chi connectivity index (χ1v) is 13.2. The normalized spacial score (nSPS) is 22.2. The van der Waals surface area contributed by atoms with Gasteiger partial charge in [0.1, 0.15) is 6.04 Å². The number of sulfonamides is 1. The molecule has 1 N–H and O–H groups in total. The Kier molecular flexibility index (Phi) is 7.17. The minimum absolute atomic E-state index is 0.182. The summed E-state index contributed by atoms with van der Waals surface area (Å²) in [6, 6.07) is 4.25. The zero-order valence-electron chi connectivity index (χ0n) is 18.9. The molecule has 3 aliphatic rings. The first-order chi connectivity index (χ1) is 15.4. The number of carbonyl (C=O) groups is 2. The molecule has 176 valence electrons. The van der Waals surface area contributed by atoms with Gasteiger partial charge in [-0.3, -0.25) is 14.5 Å². The van der Waals surface area contributed by atoms with Crippen LogP contribution in [0.5, 0.6) is 0 Å². The Labute approximate surface area is 191 Å². The van der Waals surface area contributed by atoms with Crippen LogP contribution >= 0.6 is 0 Å². The first kappa shape index (κ1) is 23.2. The fraction of sp³-hybridized carbons (Fsp3) is 0.652. The number of carbonyl (C=O) groups excluding carboxylic acids is 2. The van der Waals surface area contributed by atoms with Crippen LogP contribution < -0.4 is 10.2 Å². The van der Waals surface area contributed by atoms with Crippen LogP contribution in [0.15, 0.2) is 23.1 Å². The van der Waals surface area contributed by atoms with Crippen molar-refractivity contribution < 1.29 is 18.0 Å². The van der Waals surface area contributed by atoms with Crippen LogP contribution in [0.3, 0.4) is 0 Å². The van der Waals surface area contributed by atoms with Gasteiger partial charge in [0.15, 0.2) is 0 Å². The lowest BCUT2D eigenvalue weighted by Crippen LogP contribution is -2.47. The maximum absolute atomic E-state index is 13.1. The Morgan fingerprint density at radius 1 is 1.03 bits per heavy atom. The van der Waals surface area contributed by atoms with Crippen molar-refractivity contribution in [3.05, 3.63) is 23.8 Å². The molecule has 0 radical (unpaired) electrons. The molecule has 3 heterocycles. The lowest BCUT2D eigenvalue weighted by Gasteiger charge is -2.26. The molecule has 3 aliphatic heterocycles. The number of piperidine rings is 1. The van der Waals surface area contributed by atoms with Crippen LogP contribution in [-0.4, -0.2) is 74.7 Å². The number of nitrogens with zero attached hydrogens (tertiary/aromatic N) is 3. The van der Waals surface area contributed by atoms with E-state index in [0.717, 1.165) is 50.9 Å². The van der Waals surface area contributed by atoms with Crippen molar-refractivity contribution in [1.82, 2.24) is 14.5 Å². The molecule has 2 amide bonds. The Balaban J connectivity index is 1.44. The third kappa shape index (κ3) is 4.84. The van der Waals surface area contributed by atoms with E-state index < -0.39 is 16.1 Å². The Morgan fingerprint density at radius 2 is 1.72 bits per heavy atom. The number of rotatable bonds is 7. The van der Waals surface area contributed by atoms with Crippen LogP contribution in [0.25, 0.3) is 0 Å². The summed E-state index contributed by atoms with van der Waals surface area (Å²) in [5, 5.41) is 2.98. The Morgan fingerprint density at radius 3 is 2.41 bits per heavy atom. The lowest BCUT2D eigenvalue weighted by atomic mass is 10.1. The summed E-state index contributed by atoms with van der Waals surface area (Å²) in [6.45, 7) is 6.34. The molecule has 1 aromatic carbocycles. The average Bonchev–Trinajstić information content (AvgIpc) is 3.44. The van der Waals surface area contributed by atoms with E-state index in [1.807, 2.05) is 0 Å². The minimum Gasteiger partial charge on any atom is -0.354 e. The predicted octanol–water partition coefficient (Wildman–Crippen LogP) is 1.74. The highest BCUT2D eigenvalue weighted by Crippen LogP contribution is 2.35. The fourth-order valence-electron chi connectivity index (χ4n) is 5.08. The molecule has 0 aliphatic carbocycles. The highest BCUT2D eigenvalue weighted by Gasteiger charge is 2.38. The highest BCUT2D eigenvalue weighted by molar-refractivity contribution is 7.89. The van der Waals surface area contributed by atoms with Crippen LogP contribution in [0.4, 0.5) is 5.69 Å². The second-order valence-electron chi connectivity index (χ2n) is 9.06. The van der Waals surface area contributed by atoms with Gasteiger partial charge in [0.25, 0.3) is 0 Å². The van der Waals surface area contributed by atoms with Crippen LogP contribution in [0.1, 0.15) is 51.0 Å². The van der Waals surface area contributed by atoms with E-state index in [-0.39, 0.29) is 16.7 Å². The van der Waals surface area contributed by atoms with Crippen LogP contribution in [-0.2, 0) is 26.0 Å². The molecule has 1 aromatic rings. The topological polar surface area (TPSA) is 90.0 Å². The number of likely N-dealkylation sites (tertiary alicyclic amines) is 1. The molecule has 8 nitrogen and oxygen atoms in total. The third-order valence-corrected chi connectivity index (χ3v) is 8.67. The van der Waals surface area contributed by atoms with Gasteiger partial charge in [0, 0.05) is 38.7 Å². The smallest absolute Gasteiger partial charge is 0.243 e. The summed E-state index contributed by atoms with van der Waals surface area (Å²) in [7, 11) is -3.56. The monoisotopic (exact) mass is 462 g/mol. The molecule has 0 unspecified atom stereocenters. The summed E-state index contributed by atoms with van der Waals surface area (Å²) in [5.41, 5.74) is 1.36. The summed E-state index contributed by atoms with van der Waals surface area (Å²) >= 11 is 0. The van der Waals surface area contributed by atoms with E-state index in [0.29, 0.717) is 31.7 Å². The molecule has 2 fully saturated rings. The van der Waals surface area contributed by atoms with Crippen molar-refractivity contribution in [2.24, 2.45) is 0 Å². The van der Waals surface area contributed by atoms with Gasteiger partial charge in [-0.15, -0.1) is 0 Å². The molecule has 1 atom stereocenters. The van der Waals surface area contributed by atoms with Crippen molar-refractivity contribution in [1.29, 1.82) is 0 Å². The van der Waals surface area contributed by atoms with Gasteiger partial charge < -0.3 is 10.2 Å². The minimum atomic E-state index is -3.56. The summed E-state index contributed by atoms with van der Waals surface area (Å²) < 4.78 is 27.7. The Hall–Kier alpha value is -1.97. The zero-order valence-corrected chi connectivity index (χ0v) is 19.7. The maximum Gasteiger partial charge on any atom is 0.243 e. The fourth-order valence-corrected chi connectivity index (χ4v) is 6.65. The lowest BCUT2D eigenvalue weighted by molar-refractivity contribution is -0.125. The van der Waals surface area contributed by atoms with E-state index in [2.05, 4.69) is 10.2 Å². The number of benzene rings is 1. The summed E-state index contributed by atoms with van der Waals surface area (Å²) in [6.07, 6.45) is 6.51. The Bertz CT molecular complexity index is 953. The number of nitrogens with one attached hydrogen (secondary N) is 1. The number of anilines is 1. The second kappa shape index (κ2) is 9.89. The van der Waals surface area contributed by atoms with Crippen molar-refractivity contribution in [3.8, 4) is 0 Å². The highest BCUT2D eigenvalue weighted by atomic mass is 32.2. The molecule has 0 saturated carbocycles. The van der Waals surface area contributed by atoms with Crippen molar-refractivity contribution in [2.45, 2.75) is 62.8 Å². The quantitative estimate of drug-likeness (QED) is 0.624. The maximum atomic E-state index is 13.1.